The van der Waals surface area contributed by atoms with E-state index in [1.807, 2.05) is 6.92 Å². The predicted octanol–water partition coefficient (Wildman–Crippen LogP) is 3.46. The average molecular weight is 398 g/mol. The van der Waals surface area contributed by atoms with Gasteiger partial charge in [0.25, 0.3) is 0 Å². The first-order valence-electron chi connectivity index (χ1n) is 9.42. The van der Waals surface area contributed by atoms with Crippen LogP contribution in [0.3, 0.4) is 0 Å². The maximum absolute atomic E-state index is 13.1. The van der Waals surface area contributed by atoms with E-state index in [1.54, 1.807) is 43.3 Å². The lowest BCUT2D eigenvalue weighted by Crippen LogP contribution is -2.48. The van der Waals surface area contributed by atoms with Gasteiger partial charge in [0, 0.05) is 13.3 Å². The molecule has 0 amide bonds. The predicted molar refractivity (Wildman–Crippen MR) is 107 cm³/mol. The SMILES string of the molecule is C=C(C)C(=O)[C@@]1(OC(C)=O)C[C@H](C)[C@H](OC(=O)c2ccccc2)[C@@H]1/C=C(\C)C=O. The number of carbonyl (C=O) groups excluding carboxylic acids is 4. The van der Waals surface area contributed by atoms with Gasteiger partial charge in [-0.1, -0.05) is 37.8 Å². The van der Waals surface area contributed by atoms with Crippen molar-refractivity contribution in [1.82, 2.24) is 0 Å². The third-order valence-corrected chi connectivity index (χ3v) is 5.06. The van der Waals surface area contributed by atoms with E-state index in [9.17, 15) is 19.2 Å². The lowest BCUT2D eigenvalue weighted by molar-refractivity contribution is -0.167. The van der Waals surface area contributed by atoms with Gasteiger partial charge in [0.15, 0.2) is 5.60 Å². The molecule has 0 aromatic heterocycles. The number of allylic oxidation sites excluding steroid dienone is 1. The summed E-state index contributed by atoms with van der Waals surface area (Å²) < 4.78 is 11.3. The van der Waals surface area contributed by atoms with Crippen LogP contribution in [0.5, 0.6) is 0 Å². The Bertz CT molecular complexity index is 853. The van der Waals surface area contributed by atoms with E-state index in [4.69, 9.17) is 9.47 Å². The number of hydrogen-bond donors (Lipinski definition) is 0. The minimum absolute atomic E-state index is 0.151. The number of ketones is 1. The third-order valence-electron chi connectivity index (χ3n) is 5.06. The summed E-state index contributed by atoms with van der Waals surface area (Å²) in [6, 6.07) is 8.47. The Morgan fingerprint density at radius 1 is 1.14 bits per heavy atom. The number of rotatable bonds is 7. The Hall–Kier alpha value is -3.02. The Morgan fingerprint density at radius 3 is 2.28 bits per heavy atom. The van der Waals surface area contributed by atoms with Gasteiger partial charge >= 0.3 is 11.9 Å². The van der Waals surface area contributed by atoms with E-state index in [-0.39, 0.29) is 17.9 Å². The zero-order chi connectivity index (χ0) is 21.8. The van der Waals surface area contributed by atoms with Gasteiger partial charge in [-0.15, -0.1) is 0 Å². The molecule has 0 spiro atoms. The van der Waals surface area contributed by atoms with Crippen LogP contribution in [-0.2, 0) is 23.9 Å². The van der Waals surface area contributed by atoms with Crippen molar-refractivity contribution >= 4 is 24.0 Å². The highest BCUT2D eigenvalue weighted by atomic mass is 16.6. The van der Waals surface area contributed by atoms with Gasteiger partial charge in [0.1, 0.15) is 12.4 Å². The molecule has 1 saturated carbocycles. The minimum Gasteiger partial charge on any atom is -0.458 e. The first-order valence-corrected chi connectivity index (χ1v) is 9.42. The minimum atomic E-state index is -1.58. The highest BCUT2D eigenvalue weighted by Crippen LogP contribution is 2.47. The average Bonchev–Trinajstić information content (AvgIpc) is 2.92. The molecule has 1 aliphatic rings. The monoisotopic (exact) mass is 398 g/mol. The van der Waals surface area contributed by atoms with Crippen molar-refractivity contribution in [1.29, 1.82) is 0 Å². The van der Waals surface area contributed by atoms with E-state index in [1.165, 1.54) is 13.8 Å². The molecule has 0 N–H and O–H groups in total. The van der Waals surface area contributed by atoms with Gasteiger partial charge in [-0.25, -0.2) is 4.79 Å². The Labute approximate surface area is 170 Å². The molecule has 1 fully saturated rings. The van der Waals surface area contributed by atoms with Crippen molar-refractivity contribution in [3.63, 3.8) is 0 Å². The molecule has 29 heavy (non-hydrogen) atoms. The Balaban J connectivity index is 2.53. The van der Waals surface area contributed by atoms with Crippen LogP contribution < -0.4 is 0 Å². The number of benzene rings is 1. The molecule has 1 aromatic carbocycles. The Morgan fingerprint density at radius 2 is 1.76 bits per heavy atom. The number of carbonyl (C=O) groups is 4. The fourth-order valence-electron chi connectivity index (χ4n) is 3.87. The topological polar surface area (TPSA) is 86.7 Å². The zero-order valence-corrected chi connectivity index (χ0v) is 17.1. The molecule has 154 valence electrons. The van der Waals surface area contributed by atoms with Crippen LogP contribution in [0.4, 0.5) is 0 Å². The summed E-state index contributed by atoms with van der Waals surface area (Å²) in [5, 5.41) is 0. The molecular formula is C23H26O6. The van der Waals surface area contributed by atoms with Gasteiger partial charge in [0.2, 0.25) is 5.78 Å². The molecular weight excluding hydrogens is 372 g/mol. The number of ether oxygens (including phenoxy) is 2. The molecule has 6 nitrogen and oxygen atoms in total. The number of aldehydes is 1. The van der Waals surface area contributed by atoms with Gasteiger partial charge < -0.3 is 9.47 Å². The number of esters is 2. The van der Waals surface area contributed by atoms with Crippen LogP contribution >= 0.6 is 0 Å². The van der Waals surface area contributed by atoms with Crippen LogP contribution in [0.15, 0.2) is 54.1 Å². The molecule has 0 heterocycles. The van der Waals surface area contributed by atoms with Gasteiger partial charge in [-0.05, 0) is 43.0 Å². The van der Waals surface area contributed by atoms with Crippen molar-refractivity contribution < 1.29 is 28.7 Å². The van der Waals surface area contributed by atoms with E-state index >= 15 is 0 Å². The first-order chi connectivity index (χ1) is 13.6. The van der Waals surface area contributed by atoms with Crippen LogP contribution in [0, 0.1) is 11.8 Å². The van der Waals surface area contributed by atoms with Gasteiger partial charge in [-0.3, -0.25) is 14.4 Å². The fourth-order valence-corrected chi connectivity index (χ4v) is 3.87. The molecule has 0 aliphatic heterocycles. The van der Waals surface area contributed by atoms with E-state index in [0.717, 1.165) is 0 Å². The normalized spacial score (nSPS) is 26.5. The fraction of sp³-hybridized carbons (Fsp3) is 0.391. The third kappa shape index (κ3) is 4.70. The maximum Gasteiger partial charge on any atom is 0.338 e. The molecule has 1 aliphatic carbocycles. The summed E-state index contributed by atoms with van der Waals surface area (Å²) in [6.45, 7) is 9.85. The maximum atomic E-state index is 13.1. The summed E-state index contributed by atoms with van der Waals surface area (Å²) >= 11 is 0. The van der Waals surface area contributed by atoms with Crippen molar-refractivity contribution in [3.8, 4) is 0 Å². The standard InChI is InChI=1S/C23H26O6/c1-14(2)21(26)23(29-17(5)25)12-16(4)20(19(23)11-15(3)13-24)28-22(27)18-9-7-6-8-10-18/h6-11,13,16,19-20H,1,12H2,2-5H3/b15-11+/t16-,19-,20-,23+/m0/s1. The molecule has 0 saturated heterocycles. The second-order valence-corrected chi connectivity index (χ2v) is 7.56. The van der Waals surface area contributed by atoms with Crippen LogP contribution in [0.25, 0.3) is 0 Å². The first kappa shape index (κ1) is 22.3. The largest absolute Gasteiger partial charge is 0.458 e. The van der Waals surface area contributed by atoms with Gasteiger partial charge in [-0.2, -0.15) is 0 Å². The molecule has 0 bridgehead atoms. The van der Waals surface area contributed by atoms with Crippen LogP contribution in [0.2, 0.25) is 0 Å². The van der Waals surface area contributed by atoms with Crippen molar-refractivity contribution in [3.05, 3.63) is 59.7 Å². The number of Topliss-reactive ketones (excluding diaryl/α,β-unsaturated/α-hetero) is 1. The second-order valence-electron chi connectivity index (χ2n) is 7.56. The number of hydrogen-bond acceptors (Lipinski definition) is 6. The van der Waals surface area contributed by atoms with Crippen molar-refractivity contribution in [2.75, 3.05) is 0 Å². The quantitative estimate of drug-likeness (QED) is 0.397. The Kier molecular flexibility index (Phi) is 6.90. The van der Waals surface area contributed by atoms with E-state index in [2.05, 4.69) is 6.58 Å². The van der Waals surface area contributed by atoms with Crippen molar-refractivity contribution in [2.45, 2.75) is 45.8 Å². The second kappa shape index (κ2) is 8.99. The van der Waals surface area contributed by atoms with Crippen LogP contribution in [0.1, 0.15) is 44.5 Å². The summed E-state index contributed by atoms with van der Waals surface area (Å²) in [6.07, 6.45) is 1.57. The highest BCUT2D eigenvalue weighted by Gasteiger charge is 2.59. The van der Waals surface area contributed by atoms with Crippen LogP contribution in [-0.4, -0.2) is 35.7 Å². The molecule has 0 radical (unpaired) electrons. The summed E-state index contributed by atoms with van der Waals surface area (Å²) in [5.74, 6) is -2.75. The van der Waals surface area contributed by atoms with Gasteiger partial charge in [0.05, 0.1) is 11.5 Å². The molecule has 6 heteroatoms. The summed E-state index contributed by atoms with van der Waals surface area (Å²) in [4.78, 5) is 48.9. The summed E-state index contributed by atoms with van der Waals surface area (Å²) in [7, 11) is 0. The lowest BCUT2D eigenvalue weighted by atomic mass is 9.82. The molecule has 0 unspecified atom stereocenters. The smallest absolute Gasteiger partial charge is 0.338 e. The lowest BCUT2D eigenvalue weighted by Gasteiger charge is -2.33. The van der Waals surface area contributed by atoms with Crippen molar-refractivity contribution in [2.24, 2.45) is 11.8 Å². The molecule has 2 rings (SSSR count). The van der Waals surface area contributed by atoms with E-state index < -0.39 is 35.3 Å². The molecule has 1 aromatic rings. The molecule has 4 atom stereocenters. The zero-order valence-electron chi connectivity index (χ0n) is 17.1. The summed E-state index contributed by atoms with van der Waals surface area (Å²) in [5.41, 5.74) is -0.652. The van der Waals surface area contributed by atoms with E-state index in [0.29, 0.717) is 17.4 Å². The highest BCUT2D eigenvalue weighted by molar-refractivity contribution is 6.03.